The highest BCUT2D eigenvalue weighted by atomic mass is 16.3. The van der Waals surface area contributed by atoms with Crippen LogP contribution in [0.2, 0.25) is 0 Å². The van der Waals surface area contributed by atoms with E-state index in [0.717, 1.165) is 44.4 Å². The molecule has 7 heteroatoms. The number of rotatable bonds is 4. The van der Waals surface area contributed by atoms with Crippen molar-refractivity contribution in [1.29, 1.82) is 0 Å². The number of hydrogen-bond acceptors (Lipinski definition) is 5. The largest absolute Gasteiger partial charge is 0.390 e. The fraction of sp³-hybridized carbons (Fsp3) is 0.840. The standard InChI is InChI=1S/C25H38N4O3/c1-23(32)10-11-24(2)15(12-23)4-5-16-17-6-7-19(25(17,3)9-8-18(16)24)21(30)14-29-27-13-20(28-29)22(26)31/h13,15-19,32H,4-12,14H2,1-3H3,(H2,26,31)/t15-,16+,17+,18?,19-,23-,24+,25+/m1/s1. The van der Waals surface area contributed by atoms with Crippen molar-refractivity contribution in [3.05, 3.63) is 11.9 Å². The Kier molecular flexibility index (Phi) is 5.08. The van der Waals surface area contributed by atoms with Gasteiger partial charge in [-0.3, -0.25) is 9.59 Å². The van der Waals surface area contributed by atoms with E-state index in [1.165, 1.54) is 30.3 Å². The normalized spacial score (nSPS) is 45.6. The molecule has 4 aliphatic rings. The number of aliphatic hydroxyl groups is 1. The average Bonchev–Trinajstić information content (AvgIpc) is 3.32. The van der Waals surface area contributed by atoms with Gasteiger partial charge in [-0.15, -0.1) is 5.10 Å². The van der Waals surface area contributed by atoms with Gasteiger partial charge in [-0.25, -0.2) is 0 Å². The Bertz CT molecular complexity index is 926. The van der Waals surface area contributed by atoms with Crippen LogP contribution in [-0.4, -0.2) is 37.4 Å². The van der Waals surface area contributed by atoms with Gasteiger partial charge in [-0.05, 0) is 99.2 Å². The van der Waals surface area contributed by atoms with E-state index in [4.69, 9.17) is 5.73 Å². The smallest absolute Gasteiger partial charge is 0.270 e. The third-order valence-corrected chi connectivity index (χ3v) is 10.4. The van der Waals surface area contributed by atoms with E-state index in [0.29, 0.717) is 23.2 Å². The van der Waals surface area contributed by atoms with E-state index in [1.54, 1.807) is 0 Å². The van der Waals surface area contributed by atoms with E-state index in [2.05, 4.69) is 24.0 Å². The number of carbonyl (C=O) groups excluding carboxylic acids is 2. The molecule has 176 valence electrons. The lowest BCUT2D eigenvalue weighted by molar-refractivity contribution is -0.151. The fourth-order valence-corrected chi connectivity index (χ4v) is 8.70. The number of aromatic nitrogens is 3. The Balaban J connectivity index is 1.32. The maximum atomic E-state index is 13.3. The molecule has 0 saturated heterocycles. The molecule has 0 aliphatic heterocycles. The summed E-state index contributed by atoms with van der Waals surface area (Å²) in [6, 6.07) is 0. The van der Waals surface area contributed by atoms with Crippen LogP contribution >= 0.6 is 0 Å². The Morgan fingerprint density at radius 1 is 1.06 bits per heavy atom. The lowest BCUT2D eigenvalue weighted by Gasteiger charge is -2.61. The second-order valence-electron chi connectivity index (χ2n) is 12.1. The van der Waals surface area contributed by atoms with Crippen molar-refractivity contribution in [2.75, 3.05) is 0 Å². The summed E-state index contributed by atoms with van der Waals surface area (Å²) in [5.74, 6) is 2.24. The van der Waals surface area contributed by atoms with Gasteiger partial charge in [0, 0.05) is 5.92 Å². The van der Waals surface area contributed by atoms with Crippen molar-refractivity contribution in [2.24, 2.45) is 46.2 Å². The molecule has 1 amide bonds. The summed E-state index contributed by atoms with van der Waals surface area (Å²) in [7, 11) is 0. The third kappa shape index (κ3) is 3.34. The van der Waals surface area contributed by atoms with Gasteiger partial charge in [-0.2, -0.15) is 9.90 Å². The Labute approximate surface area is 190 Å². The molecule has 4 fully saturated rings. The molecule has 0 radical (unpaired) electrons. The maximum absolute atomic E-state index is 13.3. The molecule has 0 aromatic carbocycles. The van der Waals surface area contributed by atoms with Gasteiger partial charge in [0.05, 0.1) is 11.8 Å². The van der Waals surface area contributed by atoms with Crippen molar-refractivity contribution in [3.63, 3.8) is 0 Å². The first-order chi connectivity index (χ1) is 15.0. The van der Waals surface area contributed by atoms with Gasteiger partial charge in [-0.1, -0.05) is 13.8 Å². The lowest BCUT2D eigenvalue weighted by Crippen LogP contribution is -2.55. The second-order valence-corrected chi connectivity index (χ2v) is 12.1. The van der Waals surface area contributed by atoms with Crippen molar-refractivity contribution in [3.8, 4) is 0 Å². The first-order valence-electron chi connectivity index (χ1n) is 12.5. The number of hydrogen-bond donors (Lipinski definition) is 2. The van der Waals surface area contributed by atoms with Crippen LogP contribution in [0.15, 0.2) is 6.20 Å². The number of fused-ring (bicyclic) bond motifs is 5. The maximum Gasteiger partial charge on any atom is 0.270 e. The quantitative estimate of drug-likeness (QED) is 0.743. The van der Waals surface area contributed by atoms with Gasteiger partial charge < -0.3 is 10.8 Å². The Hall–Kier alpha value is -1.76. The molecule has 0 bridgehead atoms. The molecule has 1 aromatic heterocycles. The minimum absolute atomic E-state index is 0.0362. The molecule has 5 rings (SSSR count). The number of nitrogens with two attached hydrogens (primary N) is 1. The summed E-state index contributed by atoms with van der Waals surface area (Å²) in [5.41, 5.74) is 5.25. The van der Waals surface area contributed by atoms with Crippen LogP contribution in [-0.2, 0) is 11.3 Å². The Morgan fingerprint density at radius 2 is 1.81 bits per heavy atom. The summed E-state index contributed by atoms with van der Waals surface area (Å²) >= 11 is 0. The zero-order chi connectivity index (χ0) is 22.9. The van der Waals surface area contributed by atoms with Gasteiger partial charge >= 0.3 is 0 Å². The summed E-state index contributed by atoms with van der Waals surface area (Å²) in [6.07, 6.45) is 11.2. The monoisotopic (exact) mass is 442 g/mol. The average molecular weight is 443 g/mol. The highest BCUT2D eigenvalue weighted by molar-refractivity contribution is 5.90. The van der Waals surface area contributed by atoms with Gasteiger partial charge in [0.25, 0.3) is 5.91 Å². The number of Topliss-reactive ketones (excluding diaryl/α,β-unsaturated/α-hetero) is 1. The molecule has 7 nitrogen and oxygen atoms in total. The molecule has 1 unspecified atom stereocenters. The molecule has 3 N–H and O–H groups in total. The molecule has 0 spiro atoms. The number of primary amides is 1. The van der Waals surface area contributed by atoms with Crippen LogP contribution in [0.4, 0.5) is 0 Å². The molecule has 1 aromatic rings. The molecule has 8 atom stereocenters. The number of nitrogens with zero attached hydrogens (tertiary/aromatic N) is 3. The summed E-state index contributed by atoms with van der Waals surface area (Å²) in [6.45, 7) is 6.99. The van der Waals surface area contributed by atoms with E-state index < -0.39 is 11.5 Å². The molecular formula is C25H38N4O3. The molecule has 32 heavy (non-hydrogen) atoms. The summed E-state index contributed by atoms with van der Waals surface area (Å²) in [4.78, 5) is 26.0. The van der Waals surface area contributed by atoms with Gasteiger partial charge in [0.1, 0.15) is 6.54 Å². The second kappa shape index (κ2) is 7.37. The van der Waals surface area contributed by atoms with Crippen molar-refractivity contribution in [2.45, 2.75) is 90.7 Å². The summed E-state index contributed by atoms with van der Waals surface area (Å²) < 4.78 is 0. The minimum atomic E-state index is -0.622. The van der Waals surface area contributed by atoms with Crippen LogP contribution in [0, 0.1) is 40.4 Å². The molecule has 4 aliphatic carbocycles. The SMILES string of the molecule is C[C@@]1(O)CC[C@]2(C)C3CC[C@]4(C)[C@@H](C(=O)Cn5ncc(C(N)=O)n5)CC[C@H]4[C@@H]3CC[C@@H]2C1. The van der Waals surface area contributed by atoms with Gasteiger partial charge in [0.15, 0.2) is 11.5 Å². The van der Waals surface area contributed by atoms with Crippen LogP contribution in [0.5, 0.6) is 0 Å². The van der Waals surface area contributed by atoms with Crippen LogP contribution in [0.1, 0.15) is 89.0 Å². The first-order valence-corrected chi connectivity index (χ1v) is 12.5. The predicted molar refractivity (Wildman–Crippen MR) is 119 cm³/mol. The van der Waals surface area contributed by atoms with Crippen LogP contribution < -0.4 is 5.73 Å². The number of amides is 1. The highest BCUT2D eigenvalue weighted by Gasteiger charge is 2.61. The van der Waals surface area contributed by atoms with Crippen molar-refractivity contribution in [1.82, 2.24) is 15.0 Å². The van der Waals surface area contributed by atoms with Crippen LogP contribution in [0.25, 0.3) is 0 Å². The van der Waals surface area contributed by atoms with Gasteiger partial charge in [0.2, 0.25) is 0 Å². The molecule has 1 heterocycles. The Morgan fingerprint density at radius 3 is 2.53 bits per heavy atom. The van der Waals surface area contributed by atoms with E-state index >= 15 is 0 Å². The lowest BCUT2D eigenvalue weighted by atomic mass is 9.44. The molecular weight excluding hydrogens is 404 g/mol. The number of ketones is 1. The first kappa shape index (κ1) is 22.1. The van der Waals surface area contributed by atoms with Crippen LogP contribution in [0.3, 0.4) is 0 Å². The summed E-state index contributed by atoms with van der Waals surface area (Å²) in [5, 5.41) is 18.8. The van der Waals surface area contributed by atoms with E-state index in [-0.39, 0.29) is 29.4 Å². The van der Waals surface area contributed by atoms with E-state index in [1.807, 2.05) is 6.92 Å². The van der Waals surface area contributed by atoms with E-state index in [9.17, 15) is 14.7 Å². The minimum Gasteiger partial charge on any atom is -0.390 e. The van der Waals surface area contributed by atoms with Crippen molar-refractivity contribution >= 4 is 11.7 Å². The number of carbonyl (C=O) groups is 2. The topological polar surface area (TPSA) is 111 Å². The fourth-order valence-electron chi connectivity index (χ4n) is 8.70. The predicted octanol–water partition coefficient (Wildman–Crippen LogP) is 3.36. The zero-order valence-corrected chi connectivity index (χ0v) is 19.7. The zero-order valence-electron chi connectivity index (χ0n) is 19.7. The van der Waals surface area contributed by atoms with Crippen molar-refractivity contribution < 1.29 is 14.7 Å². The molecule has 4 saturated carbocycles. The highest BCUT2D eigenvalue weighted by Crippen LogP contribution is 2.68. The third-order valence-electron chi connectivity index (χ3n) is 10.4.